The van der Waals surface area contributed by atoms with Gasteiger partial charge in [0, 0.05) is 21.2 Å². The molecule has 1 atom stereocenters. The first-order chi connectivity index (χ1) is 10.7. The van der Waals surface area contributed by atoms with E-state index >= 15 is 0 Å². The Morgan fingerprint density at radius 2 is 1.95 bits per heavy atom. The van der Waals surface area contributed by atoms with Crippen LogP contribution in [0.4, 0.5) is 5.69 Å². The highest BCUT2D eigenvalue weighted by molar-refractivity contribution is 9.10. The lowest BCUT2D eigenvalue weighted by atomic mass is 10.0. The van der Waals surface area contributed by atoms with E-state index in [1.165, 1.54) is 18.4 Å². The third-order valence-corrected chi connectivity index (χ3v) is 4.93. The molecular formula is C18H19BrClNO. The zero-order chi connectivity index (χ0) is 15.5. The standard InChI is InChI=1S/C18H19BrClNO/c1-22-16-8-6-15(7-9-16)21-18(12-2-3-12)10-13-4-5-14(19)11-17(13)20/h4-9,11-12,18,21H,2-3,10H2,1H3. The van der Waals surface area contributed by atoms with E-state index in [9.17, 15) is 0 Å². The molecule has 1 aliphatic rings. The van der Waals surface area contributed by atoms with Crippen LogP contribution >= 0.6 is 27.5 Å². The molecule has 2 nitrogen and oxygen atoms in total. The summed E-state index contributed by atoms with van der Waals surface area (Å²) in [6, 6.07) is 14.7. The first-order valence-electron chi connectivity index (χ1n) is 7.50. The molecule has 4 heteroatoms. The summed E-state index contributed by atoms with van der Waals surface area (Å²) >= 11 is 9.83. The molecule has 0 radical (unpaired) electrons. The van der Waals surface area contributed by atoms with Gasteiger partial charge in [0.25, 0.3) is 0 Å². The Morgan fingerprint density at radius 1 is 1.23 bits per heavy atom. The Bertz CT molecular complexity index is 640. The third kappa shape index (κ3) is 3.96. The Hall–Kier alpha value is -1.19. The van der Waals surface area contributed by atoms with Gasteiger partial charge in [0.05, 0.1) is 7.11 Å². The van der Waals surface area contributed by atoms with Crippen LogP contribution in [0.25, 0.3) is 0 Å². The average molecular weight is 381 g/mol. The molecule has 0 bridgehead atoms. The normalized spacial score (nSPS) is 15.4. The molecule has 116 valence electrons. The lowest BCUT2D eigenvalue weighted by Gasteiger charge is -2.20. The Labute approximate surface area is 145 Å². The second-order valence-corrected chi connectivity index (χ2v) is 7.08. The summed E-state index contributed by atoms with van der Waals surface area (Å²) in [5.74, 6) is 1.62. The zero-order valence-electron chi connectivity index (χ0n) is 12.5. The lowest BCUT2D eigenvalue weighted by molar-refractivity contribution is 0.415. The maximum Gasteiger partial charge on any atom is 0.119 e. The fraction of sp³-hybridized carbons (Fsp3) is 0.333. The minimum Gasteiger partial charge on any atom is -0.497 e. The SMILES string of the molecule is COc1ccc(NC(Cc2ccc(Br)cc2Cl)C2CC2)cc1. The van der Waals surface area contributed by atoms with E-state index in [1.807, 2.05) is 18.2 Å². The molecule has 1 fully saturated rings. The van der Waals surface area contributed by atoms with Gasteiger partial charge in [-0.2, -0.15) is 0 Å². The summed E-state index contributed by atoms with van der Waals surface area (Å²) in [6.45, 7) is 0. The molecule has 3 rings (SSSR count). The smallest absolute Gasteiger partial charge is 0.119 e. The fourth-order valence-corrected chi connectivity index (χ4v) is 3.41. The molecule has 1 aliphatic carbocycles. The summed E-state index contributed by atoms with van der Waals surface area (Å²) in [7, 11) is 1.69. The summed E-state index contributed by atoms with van der Waals surface area (Å²) < 4.78 is 6.23. The van der Waals surface area contributed by atoms with Crippen LogP contribution in [0.2, 0.25) is 5.02 Å². The van der Waals surface area contributed by atoms with Gasteiger partial charge in [-0.1, -0.05) is 33.6 Å². The number of benzene rings is 2. The van der Waals surface area contributed by atoms with Crippen LogP contribution in [-0.2, 0) is 6.42 Å². The van der Waals surface area contributed by atoms with Crippen LogP contribution in [0.1, 0.15) is 18.4 Å². The van der Waals surface area contributed by atoms with E-state index < -0.39 is 0 Å². The maximum absolute atomic E-state index is 6.37. The number of ether oxygens (including phenoxy) is 1. The number of halogens is 2. The molecular weight excluding hydrogens is 362 g/mol. The van der Waals surface area contributed by atoms with Crippen molar-refractivity contribution in [3.05, 3.63) is 57.5 Å². The second kappa shape index (κ2) is 6.93. The Morgan fingerprint density at radius 3 is 2.55 bits per heavy atom. The first kappa shape index (κ1) is 15.7. The molecule has 0 heterocycles. The Balaban J connectivity index is 1.72. The van der Waals surface area contributed by atoms with Crippen LogP contribution in [0.5, 0.6) is 5.75 Å². The van der Waals surface area contributed by atoms with Gasteiger partial charge >= 0.3 is 0 Å². The second-order valence-electron chi connectivity index (χ2n) is 5.76. The van der Waals surface area contributed by atoms with Gasteiger partial charge in [0.2, 0.25) is 0 Å². The van der Waals surface area contributed by atoms with Crippen LogP contribution in [0.15, 0.2) is 46.9 Å². The van der Waals surface area contributed by atoms with E-state index in [2.05, 4.69) is 45.5 Å². The van der Waals surface area contributed by atoms with Crippen LogP contribution in [0.3, 0.4) is 0 Å². The molecule has 0 amide bonds. The fourth-order valence-electron chi connectivity index (χ4n) is 2.66. The monoisotopic (exact) mass is 379 g/mol. The first-order valence-corrected chi connectivity index (χ1v) is 8.67. The van der Waals surface area contributed by atoms with Crippen molar-refractivity contribution in [2.75, 3.05) is 12.4 Å². The van der Waals surface area contributed by atoms with Crippen molar-refractivity contribution in [2.24, 2.45) is 5.92 Å². The summed E-state index contributed by atoms with van der Waals surface area (Å²) in [4.78, 5) is 0. The number of nitrogens with one attached hydrogen (secondary N) is 1. The number of hydrogen-bond donors (Lipinski definition) is 1. The van der Waals surface area contributed by atoms with E-state index in [4.69, 9.17) is 16.3 Å². The minimum absolute atomic E-state index is 0.423. The molecule has 2 aromatic rings. The molecule has 22 heavy (non-hydrogen) atoms. The van der Waals surface area contributed by atoms with E-state index in [-0.39, 0.29) is 0 Å². The number of methoxy groups -OCH3 is 1. The van der Waals surface area contributed by atoms with E-state index in [0.717, 1.165) is 33.3 Å². The van der Waals surface area contributed by atoms with Gasteiger partial charge in [-0.25, -0.2) is 0 Å². The topological polar surface area (TPSA) is 21.3 Å². The van der Waals surface area contributed by atoms with Crippen molar-refractivity contribution >= 4 is 33.2 Å². The van der Waals surface area contributed by atoms with Gasteiger partial charge < -0.3 is 10.1 Å². The molecule has 1 unspecified atom stereocenters. The molecule has 0 aromatic heterocycles. The van der Waals surface area contributed by atoms with Crippen LogP contribution in [-0.4, -0.2) is 13.2 Å². The summed E-state index contributed by atoms with van der Waals surface area (Å²) in [5, 5.41) is 4.49. The van der Waals surface area contributed by atoms with Crippen molar-refractivity contribution in [3.8, 4) is 5.75 Å². The third-order valence-electron chi connectivity index (χ3n) is 4.09. The molecule has 0 spiro atoms. The summed E-state index contributed by atoms with van der Waals surface area (Å²) in [6.07, 6.45) is 3.53. The highest BCUT2D eigenvalue weighted by Crippen LogP contribution is 2.37. The van der Waals surface area contributed by atoms with Gasteiger partial charge in [-0.05, 0) is 67.1 Å². The molecule has 2 aromatic carbocycles. The minimum atomic E-state index is 0.423. The lowest BCUT2D eigenvalue weighted by Crippen LogP contribution is -2.24. The average Bonchev–Trinajstić information content (AvgIpc) is 3.34. The quantitative estimate of drug-likeness (QED) is 0.710. The number of hydrogen-bond acceptors (Lipinski definition) is 2. The van der Waals surface area contributed by atoms with Crippen molar-refractivity contribution in [1.82, 2.24) is 0 Å². The van der Waals surface area contributed by atoms with Crippen molar-refractivity contribution in [2.45, 2.75) is 25.3 Å². The highest BCUT2D eigenvalue weighted by Gasteiger charge is 2.31. The van der Waals surface area contributed by atoms with Crippen molar-refractivity contribution in [1.29, 1.82) is 0 Å². The largest absolute Gasteiger partial charge is 0.497 e. The van der Waals surface area contributed by atoms with Crippen LogP contribution in [0, 0.1) is 5.92 Å². The summed E-state index contributed by atoms with van der Waals surface area (Å²) in [5.41, 5.74) is 2.33. The van der Waals surface area contributed by atoms with Gasteiger partial charge in [0.15, 0.2) is 0 Å². The van der Waals surface area contributed by atoms with Crippen LogP contribution < -0.4 is 10.1 Å². The highest BCUT2D eigenvalue weighted by atomic mass is 79.9. The van der Waals surface area contributed by atoms with Gasteiger partial charge in [-0.3, -0.25) is 0 Å². The predicted molar refractivity (Wildman–Crippen MR) is 96.0 cm³/mol. The Kier molecular flexibility index (Phi) is 4.94. The zero-order valence-corrected chi connectivity index (χ0v) is 14.8. The molecule has 0 saturated heterocycles. The van der Waals surface area contributed by atoms with E-state index in [0.29, 0.717) is 6.04 Å². The number of rotatable bonds is 6. The molecule has 1 saturated carbocycles. The van der Waals surface area contributed by atoms with Gasteiger partial charge in [-0.15, -0.1) is 0 Å². The van der Waals surface area contributed by atoms with Crippen molar-refractivity contribution < 1.29 is 4.74 Å². The maximum atomic E-state index is 6.37. The molecule has 0 aliphatic heterocycles. The number of anilines is 1. The predicted octanol–water partition coefficient (Wildman–Crippen LogP) is 5.54. The molecule has 1 N–H and O–H groups in total. The van der Waals surface area contributed by atoms with E-state index in [1.54, 1.807) is 7.11 Å². The van der Waals surface area contributed by atoms with Crippen molar-refractivity contribution in [3.63, 3.8) is 0 Å². The van der Waals surface area contributed by atoms with Gasteiger partial charge in [0.1, 0.15) is 5.75 Å².